The first-order valence-electron chi connectivity index (χ1n) is 5.09. The number of aromatic carboxylic acids is 1. The van der Waals surface area contributed by atoms with Gasteiger partial charge in [0.25, 0.3) is 0 Å². The fraction of sp³-hybridized carbons (Fsp3) is 0.545. The monoisotopic (exact) mass is 212 g/mol. The van der Waals surface area contributed by atoms with E-state index in [1.165, 1.54) is 12.1 Å². The molecular formula is C11H16O4. The first kappa shape index (κ1) is 11.8. The largest absolute Gasteiger partial charge is 0.475 e. The second-order valence-corrected chi connectivity index (χ2v) is 3.60. The molecule has 0 saturated heterocycles. The van der Waals surface area contributed by atoms with Crippen molar-refractivity contribution in [2.45, 2.75) is 38.7 Å². The summed E-state index contributed by atoms with van der Waals surface area (Å²) in [5.74, 6) is -0.909. The molecule has 2 N–H and O–H groups in total. The van der Waals surface area contributed by atoms with E-state index in [1.807, 2.05) is 13.8 Å². The molecule has 0 amide bonds. The molecule has 0 radical (unpaired) electrons. The zero-order valence-electron chi connectivity index (χ0n) is 8.99. The first-order chi connectivity index (χ1) is 7.03. The second-order valence-electron chi connectivity index (χ2n) is 3.60. The van der Waals surface area contributed by atoms with E-state index in [0.717, 1.165) is 6.42 Å². The van der Waals surface area contributed by atoms with Crippen molar-refractivity contribution in [3.05, 3.63) is 23.7 Å². The molecule has 0 aromatic carbocycles. The summed E-state index contributed by atoms with van der Waals surface area (Å²) >= 11 is 0. The van der Waals surface area contributed by atoms with Gasteiger partial charge in [0.1, 0.15) is 11.4 Å². The van der Waals surface area contributed by atoms with Gasteiger partial charge in [-0.15, -0.1) is 0 Å². The Morgan fingerprint density at radius 3 is 2.53 bits per heavy atom. The molecule has 0 aliphatic carbocycles. The zero-order chi connectivity index (χ0) is 11.5. The highest BCUT2D eigenvalue weighted by Crippen LogP contribution is 2.31. The van der Waals surface area contributed by atoms with Crippen LogP contribution < -0.4 is 0 Å². The Labute approximate surface area is 88.5 Å². The van der Waals surface area contributed by atoms with Gasteiger partial charge in [-0.25, -0.2) is 4.79 Å². The first-order valence-corrected chi connectivity index (χ1v) is 5.09. The third-order valence-corrected chi connectivity index (χ3v) is 2.52. The Morgan fingerprint density at radius 1 is 1.47 bits per heavy atom. The van der Waals surface area contributed by atoms with Gasteiger partial charge in [0, 0.05) is 0 Å². The summed E-state index contributed by atoms with van der Waals surface area (Å²) in [5, 5.41) is 18.9. The van der Waals surface area contributed by atoms with E-state index in [9.17, 15) is 9.90 Å². The Morgan fingerprint density at radius 2 is 2.13 bits per heavy atom. The van der Waals surface area contributed by atoms with Crippen LogP contribution in [0.25, 0.3) is 0 Å². The number of hydrogen-bond donors (Lipinski definition) is 2. The minimum Gasteiger partial charge on any atom is -0.475 e. The zero-order valence-corrected chi connectivity index (χ0v) is 8.99. The van der Waals surface area contributed by atoms with Crippen molar-refractivity contribution in [2.75, 3.05) is 0 Å². The molecule has 1 unspecified atom stereocenters. The lowest BCUT2D eigenvalue weighted by Crippen LogP contribution is -2.23. The molecule has 1 atom stereocenters. The van der Waals surface area contributed by atoms with E-state index < -0.39 is 11.6 Å². The van der Waals surface area contributed by atoms with Crippen molar-refractivity contribution in [1.29, 1.82) is 0 Å². The SMILES string of the molecule is CCCC(O)(CC)c1ccc(C(=O)O)o1. The molecule has 0 aliphatic heterocycles. The van der Waals surface area contributed by atoms with E-state index >= 15 is 0 Å². The lowest BCUT2D eigenvalue weighted by Gasteiger charge is -2.23. The summed E-state index contributed by atoms with van der Waals surface area (Å²) in [4.78, 5) is 10.6. The van der Waals surface area contributed by atoms with E-state index in [2.05, 4.69) is 0 Å². The standard InChI is InChI=1S/C11H16O4/c1-3-7-11(14,4-2)9-6-5-8(15-9)10(12)13/h5-6,14H,3-4,7H2,1-2H3,(H,12,13). The number of carboxylic acids is 1. The third kappa shape index (κ3) is 2.39. The van der Waals surface area contributed by atoms with Crippen molar-refractivity contribution >= 4 is 5.97 Å². The van der Waals surface area contributed by atoms with Crippen LogP contribution in [0.15, 0.2) is 16.5 Å². The van der Waals surface area contributed by atoms with Gasteiger partial charge in [-0.2, -0.15) is 0 Å². The number of carbonyl (C=O) groups is 1. The third-order valence-electron chi connectivity index (χ3n) is 2.52. The molecular weight excluding hydrogens is 196 g/mol. The minimum absolute atomic E-state index is 0.132. The van der Waals surface area contributed by atoms with Crippen LogP contribution in [0.3, 0.4) is 0 Å². The van der Waals surface area contributed by atoms with E-state index in [1.54, 1.807) is 0 Å². The van der Waals surface area contributed by atoms with E-state index in [-0.39, 0.29) is 5.76 Å². The van der Waals surface area contributed by atoms with Gasteiger partial charge in [0.2, 0.25) is 5.76 Å². The van der Waals surface area contributed by atoms with Crippen LogP contribution in [-0.4, -0.2) is 16.2 Å². The maximum atomic E-state index is 10.6. The average Bonchev–Trinajstić information content (AvgIpc) is 2.67. The number of hydrogen-bond acceptors (Lipinski definition) is 3. The second kappa shape index (κ2) is 4.49. The fourth-order valence-electron chi connectivity index (χ4n) is 1.59. The lowest BCUT2D eigenvalue weighted by molar-refractivity contribution is 0.000295. The highest BCUT2D eigenvalue weighted by Gasteiger charge is 2.30. The number of furan rings is 1. The molecule has 1 aromatic heterocycles. The van der Waals surface area contributed by atoms with Crippen LogP contribution in [0.2, 0.25) is 0 Å². The predicted molar refractivity (Wildman–Crippen MR) is 54.8 cm³/mol. The summed E-state index contributed by atoms with van der Waals surface area (Å²) < 4.78 is 5.10. The molecule has 1 rings (SSSR count). The quantitative estimate of drug-likeness (QED) is 0.786. The van der Waals surface area contributed by atoms with Gasteiger partial charge in [0.15, 0.2) is 0 Å². The van der Waals surface area contributed by atoms with Gasteiger partial charge in [-0.3, -0.25) is 0 Å². The van der Waals surface area contributed by atoms with Crippen LogP contribution in [-0.2, 0) is 5.60 Å². The summed E-state index contributed by atoms with van der Waals surface area (Å²) in [6, 6.07) is 2.90. The Hall–Kier alpha value is -1.29. The van der Waals surface area contributed by atoms with Crippen molar-refractivity contribution in [3.63, 3.8) is 0 Å². The van der Waals surface area contributed by atoms with Crippen LogP contribution in [0.5, 0.6) is 0 Å². The van der Waals surface area contributed by atoms with Gasteiger partial charge < -0.3 is 14.6 Å². The van der Waals surface area contributed by atoms with Gasteiger partial charge in [0.05, 0.1) is 0 Å². The van der Waals surface area contributed by atoms with Gasteiger partial charge in [-0.05, 0) is 25.0 Å². The molecule has 1 heterocycles. The van der Waals surface area contributed by atoms with Crippen molar-refractivity contribution in [1.82, 2.24) is 0 Å². The van der Waals surface area contributed by atoms with Crippen molar-refractivity contribution < 1.29 is 19.4 Å². The van der Waals surface area contributed by atoms with Crippen LogP contribution >= 0.6 is 0 Å². The number of carboxylic acid groups (broad SMARTS) is 1. The maximum Gasteiger partial charge on any atom is 0.371 e. The van der Waals surface area contributed by atoms with Gasteiger partial charge >= 0.3 is 5.97 Å². The molecule has 84 valence electrons. The minimum atomic E-state index is -1.11. The summed E-state index contributed by atoms with van der Waals surface area (Å²) in [6.07, 6.45) is 1.89. The van der Waals surface area contributed by atoms with Crippen molar-refractivity contribution in [2.24, 2.45) is 0 Å². The maximum absolute atomic E-state index is 10.6. The normalized spacial score (nSPS) is 14.9. The van der Waals surface area contributed by atoms with Crippen LogP contribution in [0, 0.1) is 0 Å². The summed E-state index contributed by atoms with van der Waals surface area (Å²) in [6.45, 7) is 3.81. The Bertz CT molecular complexity index is 342. The molecule has 0 fully saturated rings. The Kier molecular flexibility index (Phi) is 3.52. The summed E-state index contributed by atoms with van der Waals surface area (Å²) in [5.41, 5.74) is -1.04. The average molecular weight is 212 g/mol. The molecule has 15 heavy (non-hydrogen) atoms. The highest BCUT2D eigenvalue weighted by molar-refractivity contribution is 5.84. The van der Waals surface area contributed by atoms with Crippen LogP contribution in [0.4, 0.5) is 0 Å². The summed E-state index contributed by atoms with van der Waals surface area (Å²) in [7, 11) is 0. The molecule has 1 aromatic rings. The molecule has 4 heteroatoms. The molecule has 4 nitrogen and oxygen atoms in total. The topological polar surface area (TPSA) is 70.7 Å². The number of aliphatic hydroxyl groups is 1. The van der Waals surface area contributed by atoms with Gasteiger partial charge in [-0.1, -0.05) is 20.3 Å². The molecule has 0 spiro atoms. The number of rotatable bonds is 5. The fourth-order valence-corrected chi connectivity index (χ4v) is 1.59. The smallest absolute Gasteiger partial charge is 0.371 e. The molecule has 0 saturated carbocycles. The Balaban J connectivity index is 2.97. The lowest BCUT2D eigenvalue weighted by atomic mass is 9.92. The van der Waals surface area contributed by atoms with Crippen molar-refractivity contribution in [3.8, 4) is 0 Å². The van der Waals surface area contributed by atoms with Crippen LogP contribution in [0.1, 0.15) is 49.4 Å². The van der Waals surface area contributed by atoms with E-state index in [0.29, 0.717) is 18.6 Å². The predicted octanol–water partition coefficient (Wildman–Crippen LogP) is 2.38. The van der Waals surface area contributed by atoms with E-state index in [4.69, 9.17) is 9.52 Å². The molecule has 0 bridgehead atoms. The molecule has 0 aliphatic rings. The highest BCUT2D eigenvalue weighted by atomic mass is 16.4.